The van der Waals surface area contributed by atoms with Crippen molar-refractivity contribution in [2.75, 3.05) is 11.8 Å². The van der Waals surface area contributed by atoms with Gasteiger partial charge in [-0.1, -0.05) is 0 Å². The second-order valence-electron chi connectivity index (χ2n) is 6.58. The van der Waals surface area contributed by atoms with Gasteiger partial charge in [0.05, 0.1) is 11.3 Å². The number of anilines is 1. The second kappa shape index (κ2) is 7.81. The van der Waals surface area contributed by atoms with E-state index in [-0.39, 0.29) is 5.56 Å². The summed E-state index contributed by atoms with van der Waals surface area (Å²) in [5.74, 6) is -3.34. The van der Waals surface area contributed by atoms with E-state index in [0.717, 1.165) is 16.4 Å². The summed E-state index contributed by atoms with van der Waals surface area (Å²) >= 11 is 3.24. The van der Waals surface area contributed by atoms with Gasteiger partial charge in [0.25, 0.3) is 0 Å². The summed E-state index contributed by atoms with van der Waals surface area (Å²) in [5, 5.41) is 0.369. The quantitative estimate of drug-likeness (QED) is 0.517. The molecule has 0 radical (unpaired) electrons. The Hall–Kier alpha value is -2.37. The molecule has 7 nitrogen and oxygen atoms in total. The number of ketones is 1. The van der Waals surface area contributed by atoms with Crippen LogP contribution in [-0.4, -0.2) is 41.6 Å². The summed E-state index contributed by atoms with van der Waals surface area (Å²) in [4.78, 5) is 19.8. The van der Waals surface area contributed by atoms with E-state index in [1.54, 1.807) is 19.9 Å². The van der Waals surface area contributed by atoms with E-state index in [1.165, 1.54) is 19.4 Å². The van der Waals surface area contributed by atoms with Crippen LogP contribution in [0, 0.1) is 11.6 Å². The van der Waals surface area contributed by atoms with Crippen molar-refractivity contribution in [2.45, 2.75) is 19.9 Å². The molecule has 11 heteroatoms. The standard InChI is InChI=1S/C18H17BrF2N4O3S/c1-9(2)25(3)29(27,28)24-14-5-4-13(20)15(16(14)21)17(26)12-8-23-18-11(12)6-10(19)7-22-18/h4-9,24H,1-3H3,(H,22,23). The van der Waals surface area contributed by atoms with Gasteiger partial charge in [-0.2, -0.15) is 12.7 Å². The summed E-state index contributed by atoms with van der Waals surface area (Å²) in [6.45, 7) is 3.27. The van der Waals surface area contributed by atoms with E-state index in [9.17, 15) is 17.6 Å². The van der Waals surface area contributed by atoms with E-state index in [0.29, 0.717) is 15.5 Å². The maximum atomic E-state index is 15.0. The van der Waals surface area contributed by atoms with Gasteiger partial charge < -0.3 is 4.98 Å². The number of aromatic nitrogens is 2. The molecule has 3 aromatic rings. The molecule has 0 aliphatic rings. The number of carbonyl (C=O) groups is 1. The van der Waals surface area contributed by atoms with Gasteiger partial charge in [-0.15, -0.1) is 0 Å². The number of pyridine rings is 1. The largest absolute Gasteiger partial charge is 0.345 e. The number of halogens is 3. The Morgan fingerprint density at radius 3 is 2.66 bits per heavy atom. The Morgan fingerprint density at radius 1 is 1.31 bits per heavy atom. The third kappa shape index (κ3) is 4.02. The van der Waals surface area contributed by atoms with Crippen LogP contribution in [0.4, 0.5) is 14.5 Å². The lowest BCUT2D eigenvalue weighted by atomic mass is 10.0. The first-order valence-electron chi connectivity index (χ1n) is 8.44. The molecule has 154 valence electrons. The van der Waals surface area contributed by atoms with Crippen molar-refractivity contribution in [1.82, 2.24) is 14.3 Å². The average molecular weight is 487 g/mol. The van der Waals surface area contributed by atoms with Gasteiger partial charge in [0, 0.05) is 40.9 Å². The highest BCUT2D eigenvalue weighted by Crippen LogP contribution is 2.28. The fourth-order valence-electron chi connectivity index (χ4n) is 2.63. The van der Waals surface area contributed by atoms with Gasteiger partial charge in [-0.3, -0.25) is 9.52 Å². The van der Waals surface area contributed by atoms with Gasteiger partial charge in [-0.05, 0) is 48.0 Å². The van der Waals surface area contributed by atoms with Crippen LogP contribution in [-0.2, 0) is 10.2 Å². The Morgan fingerprint density at radius 2 is 2.00 bits per heavy atom. The molecule has 0 fully saturated rings. The summed E-state index contributed by atoms with van der Waals surface area (Å²) in [6, 6.07) is 2.97. The zero-order valence-corrected chi connectivity index (χ0v) is 18.0. The third-order valence-electron chi connectivity index (χ3n) is 4.41. The zero-order chi connectivity index (χ0) is 21.5. The number of H-pyrrole nitrogens is 1. The molecule has 29 heavy (non-hydrogen) atoms. The second-order valence-corrected chi connectivity index (χ2v) is 9.23. The lowest BCUT2D eigenvalue weighted by Gasteiger charge is -2.22. The lowest BCUT2D eigenvalue weighted by molar-refractivity contribution is 0.103. The lowest BCUT2D eigenvalue weighted by Crippen LogP contribution is -2.37. The minimum absolute atomic E-state index is 0.00547. The number of nitrogens with one attached hydrogen (secondary N) is 2. The molecular formula is C18H17BrF2N4O3S. The SMILES string of the molecule is CC(C)N(C)S(=O)(=O)Nc1ccc(F)c(C(=O)c2c[nH]c3ncc(Br)cc23)c1F. The van der Waals surface area contributed by atoms with Gasteiger partial charge in [-0.25, -0.2) is 13.8 Å². The summed E-state index contributed by atoms with van der Waals surface area (Å²) < 4.78 is 57.7. The smallest absolute Gasteiger partial charge is 0.301 e. The first-order valence-corrected chi connectivity index (χ1v) is 10.7. The molecule has 0 unspecified atom stereocenters. The van der Waals surface area contributed by atoms with Crippen LogP contribution in [0.15, 0.2) is 35.1 Å². The molecule has 2 N–H and O–H groups in total. The number of benzene rings is 1. The molecule has 2 heterocycles. The van der Waals surface area contributed by atoms with Gasteiger partial charge in [0.2, 0.25) is 5.78 Å². The first-order chi connectivity index (χ1) is 13.5. The highest BCUT2D eigenvalue weighted by Gasteiger charge is 2.27. The van der Waals surface area contributed by atoms with Crippen LogP contribution in [0.25, 0.3) is 11.0 Å². The van der Waals surface area contributed by atoms with E-state index >= 15 is 4.39 Å². The highest BCUT2D eigenvalue weighted by molar-refractivity contribution is 9.10. The number of hydrogen-bond donors (Lipinski definition) is 2. The van der Waals surface area contributed by atoms with E-state index in [2.05, 4.69) is 30.6 Å². The average Bonchev–Trinajstić information content (AvgIpc) is 3.06. The van der Waals surface area contributed by atoms with Crippen molar-refractivity contribution in [3.05, 3.63) is 57.8 Å². The number of aromatic amines is 1. The van der Waals surface area contributed by atoms with Crippen LogP contribution in [0.5, 0.6) is 0 Å². The van der Waals surface area contributed by atoms with Crippen LogP contribution < -0.4 is 4.72 Å². The number of nitrogens with zero attached hydrogens (tertiary/aromatic N) is 2. The van der Waals surface area contributed by atoms with Crippen molar-refractivity contribution in [3.8, 4) is 0 Å². The molecule has 3 rings (SSSR count). The van der Waals surface area contributed by atoms with Gasteiger partial charge in [0.15, 0.2) is 5.82 Å². The Kier molecular flexibility index (Phi) is 5.74. The van der Waals surface area contributed by atoms with Crippen molar-refractivity contribution < 1.29 is 22.0 Å². The van der Waals surface area contributed by atoms with Crippen LogP contribution in [0.2, 0.25) is 0 Å². The van der Waals surface area contributed by atoms with Crippen LogP contribution >= 0.6 is 15.9 Å². The molecule has 0 bridgehead atoms. The Labute approximate surface area is 174 Å². The Balaban J connectivity index is 2.07. The summed E-state index contributed by atoms with van der Waals surface area (Å²) in [5.41, 5.74) is -1.02. The minimum atomic E-state index is -4.10. The minimum Gasteiger partial charge on any atom is -0.345 e. The Bertz CT molecular complexity index is 1210. The van der Waals surface area contributed by atoms with E-state index < -0.39 is 44.9 Å². The predicted molar refractivity (Wildman–Crippen MR) is 109 cm³/mol. The molecular weight excluding hydrogens is 470 g/mol. The molecule has 1 aromatic carbocycles. The molecule has 0 saturated carbocycles. The van der Waals surface area contributed by atoms with Crippen molar-refractivity contribution >= 4 is 48.6 Å². The molecule has 0 aliphatic heterocycles. The number of hydrogen-bond acceptors (Lipinski definition) is 4. The van der Waals surface area contributed by atoms with E-state index in [1.807, 2.05) is 0 Å². The summed E-state index contributed by atoms with van der Waals surface area (Å²) in [6.07, 6.45) is 2.81. The first kappa shape index (κ1) is 21.3. The van der Waals surface area contributed by atoms with Crippen molar-refractivity contribution in [3.63, 3.8) is 0 Å². The maximum absolute atomic E-state index is 15.0. The van der Waals surface area contributed by atoms with E-state index in [4.69, 9.17) is 0 Å². The summed E-state index contributed by atoms with van der Waals surface area (Å²) in [7, 11) is -2.78. The van der Waals surface area contributed by atoms with Gasteiger partial charge >= 0.3 is 10.2 Å². The molecule has 0 saturated heterocycles. The molecule has 0 spiro atoms. The fourth-order valence-corrected chi connectivity index (χ4v) is 4.09. The zero-order valence-electron chi connectivity index (χ0n) is 15.6. The molecule has 0 atom stereocenters. The molecule has 0 aliphatic carbocycles. The van der Waals surface area contributed by atoms with Crippen LogP contribution in [0.3, 0.4) is 0 Å². The normalized spacial score (nSPS) is 12.1. The fraction of sp³-hybridized carbons (Fsp3) is 0.222. The monoisotopic (exact) mass is 486 g/mol. The topological polar surface area (TPSA) is 95.2 Å². The predicted octanol–water partition coefficient (Wildman–Crippen LogP) is 3.83. The van der Waals surface area contributed by atoms with Crippen molar-refractivity contribution in [1.29, 1.82) is 0 Å². The third-order valence-corrected chi connectivity index (χ3v) is 6.50. The van der Waals surface area contributed by atoms with Crippen molar-refractivity contribution in [2.24, 2.45) is 0 Å². The molecule has 0 amide bonds. The van der Waals surface area contributed by atoms with Gasteiger partial charge in [0.1, 0.15) is 11.5 Å². The number of fused-ring (bicyclic) bond motifs is 1. The highest BCUT2D eigenvalue weighted by atomic mass is 79.9. The number of rotatable bonds is 6. The maximum Gasteiger partial charge on any atom is 0.301 e. The molecule has 2 aromatic heterocycles. The van der Waals surface area contributed by atoms with Crippen LogP contribution in [0.1, 0.15) is 29.8 Å². The number of carbonyl (C=O) groups excluding carboxylic acids is 1.